The van der Waals surface area contributed by atoms with E-state index in [9.17, 15) is 9.59 Å². The third kappa shape index (κ3) is 3.25. The molecule has 4 nitrogen and oxygen atoms in total. The number of hydrogen-bond acceptors (Lipinski definition) is 6. The number of allylic oxidation sites excluding steroid dienone is 3. The van der Waals surface area contributed by atoms with Crippen molar-refractivity contribution in [3.8, 4) is 0 Å². The van der Waals surface area contributed by atoms with Gasteiger partial charge in [-0.3, -0.25) is 4.79 Å². The van der Waals surface area contributed by atoms with E-state index < -0.39 is 0 Å². The van der Waals surface area contributed by atoms with Crippen LogP contribution in [-0.2, 0) is 14.3 Å². The van der Waals surface area contributed by atoms with Crippen LogP contribution in [0.15, 0.2) is 32.8 Å². The molecule has 3 rings (SSSR count). The van der Waals surface area contributed by atoms with E-state index in [-0.39, 0.29) is 23.1 Å². The molecule has 0 unspecified atom stereocenters. The lowest BCUT2D eigenvalue weighted by Gasteiger charge is -2.39. The summed E-state index contributed by atoms with van der Waals surface area (Å²) in [6, 6.07) is 2.11. The van der Waals surface area contributed by atoms with Crippen LogP contribution < -0.4 is 5.32 Å². The van der Waals surface area contributed by atoms with Crippen LogP contribution in [0.2, 0.25) is 0 Å². The number of methoxy groups -OCH3 is 1. The molecular formula is C20H25NO3S2. The number of ketones is 1. The topological polar surface area (TPSA) is 55.4 Å². The second kappa shape index (κ2) is 6.89. The predicted octanol–water partition coefficient (Wildman–Crippen LogP) is 4.56. The fourth-order valence-corrected chi connectivity index (χ4v) is 5.91. The number of ether oxygens (including phenoxy) is 1. The maximum atomic E-state index is 13.1. The first-order valence-electron chi connectivity index (χ1n) is 8.65. The molecule has 1 N–H and O–H groups in total. The summed E-state index contributed by atoms with van der Waals surface area (Å²) >= 11 is 3.37. The Balaban J connectivity index is 2.24. The van der Waals surface area contributed by atoms with Crippen molar-refractivity contribution in [2.75, 3.05) is 13.4 Å². The number of hydrogen-bond donors (Lipinski definition) is 1. The van der Waals surface area contributed by atoms with Gasteiger partial charge >= 0.3 is 5.97 Å². The molecular weight excluding hydrogens is 366 g/mol. The van der Waals surface area contributed by atoms with Crippen molar-refractivity contribution in [2.24, 2.45) is 5.41 Å². The zero-order chi connectivity index (χ0) is 19.2. The summed E-state index contributed by atoms with van der Waals surface area (Å²) in [5, 5.41) is 3.35. The SMILES string of the molecule is COC(=O)C1=C(C)NC2=C(C(=O)CC(C)(C)C2)[C@H]1c1cc(C)sc1SC. The number of aryl methyl sites for hydroxylation is 1. The molecule has 1 atom stereocenters. The van der Waals surface area contributed by atoms with Gasteiger partial charge in [-0.25, -0.2) is 4.79 Å². The summed E-state index contributed by atoms with van der Waals surface area (Å²) in [6.45, 7) is 8.18. The van der Waals surface area contributed by atoms with Crippen molar-refractivity contribution in [1.29, 1.82) is 0 Å². The Morgan fingerprint density at radius 1 is 1.35 bits per heavy atom. The fourth-order valence-electron chi connectivity index (χ4n) is 4.00. The first-order chi connectivity index (χ1) is 12.2. The van der Waals surface area contributed by atoms with Gasteiger partial charge < -0.3 is 10.1 Å². The Kier molecular flexibility index (Phi) is 5.10. The van der Waals surface area contributed by atoms with Gasteiger partial charge in [0.05, 0.1) is 22.8 Å². The Morgan fingerprint density at radius 2 is 2.04 bits per heavy atom. The summed E-state index contributed by atoms with van der Waals surface area (Å²) in [5.74, 6) is -0.603. The Labute approximate surface area is 163 Å². The molecule has 0 spiro atoms. The normalized spacial score (nSPS) is 22.2. The number of dihydropyridines is 1. The maximum Gasteiger partial charge on any atom is 0.336 e. The fraction of sp³-hybridized carbons (Fsp3) is 0.500. The molecule has 1 aliphatic carbocycles. The van der Waals surface area contributed by atoms with Gasteiger partial charge in [0.25, 0.3) is 0 Å². The summed E-state index contributed by atoms with van der Waals surface area (Å²) in [5.41, 5.74) is 3.99. The lowest BCUT2D eigenvalue weighted by atomic mass is 9.69. The molecule has 0 amide bonds. The summed E-state index contributed by atoms with van der Waals surface area (Å²) in [4.78, 5) is 26.9. The minimum atomic E-state index is -0.375. The van der Waals surface area contributed by atoms with Crippen LogP contribution in [0.25, 0.3) is 0 Å². The van der Waals surface area contributed by atoms with Gasteiger partial charge in [-0.2, -0.15) is 0 Å². The standard InChI is InChI=1S/C20H25NO3S2/c1-10-7-12(19(25-6)26-10)16-15(18(23)24-5)11(2)21-13-8-20(3,4)9-14(22)17(13)16/h7,16,21H,8-9H2,1-6H3/t16-/m0/s1. The van der Waals surface area contributed by atoms with E-state index in [1.165, 1.54) is 12.0 Å². The van der Waals surface area contributed by atoms with Crippen LogP contribution in [0.3, 0.4) is 0 Å². The van der Waals surface area contributed by atoms with Gasteiger partial charge in [0.15, 0.2) is 5.78 Å². The minimum Gasteiger partial charge on any atom is -0.466 e. The molecule has 2 heterocycles. The molecule has 0 fully saturated rings. The number of carbonyl (C=O) groups is 2. The highest BCUT2D eigenvalue weighted by Crippen LogP contribution is 2.49. The molecule has 0 bridgehead atoms. The predicted molar refractivity (Wildman–Crippen MR) is 106 cm³/mol. The zero-order valence-corrected chi connectivity index (χ0v) is 17.7. The van der Waals surface area contributed by atoms with E-state index in [4.69, 9.17) is 4.74 Å². The number of thiophene rings is 1. The summed E-state index contributed by atoms with van der Waals surface area (Å²) in [7, 11) is 1.39. The smallest absolute Gasteiger partial charge is 0.336 e. The molecule has 1 aromatic heterocycles. The monoisotopic (exact) mass is 391 g/mol. The van der Waals surface area contributed by atoms with E-state index in [1.807, 2.05) is 13.2 Å². The maximum absolute atomic E-state index is 13.1. The summed E-state index contributed by atoms with van der Waals surface area (Å²) < 4.78 is 6.22. The Bertz CT molecular complexity index is 845. The van der Waals surface area contributed by atoms with Gasteiger partial charge in [-0.15, -0.1) is 23.1 Å². The zero-order valence-electron chi connectivity index (χ0n) is 16.1. The highest BCUT2D eigenvalue weighted by atomic mass is 32.2. The van der Waals surface area contributed by atoms with Crippen LogP contribution in [0, 0.1) is 12.3 Å². The molecule has 0 saturated heterocycles. The van der Waals surface area contributed by atoms with Crippen LogP contribution >= 0.6 is 23.1 Å². The lowest BCUT2D eigenvalue weighted by molar-refractivity contribution is -0.136. The van der Waals surface area contributed by atoms with Gasteiger partial charge in [0.2, 0.25) is 0 Å². The molecule has 0 radical (unpaired) electrons. The molecule has 1 aromatic rings. The van der Waals surface area contributed by atoms with Crippen LogP contribution in [0.4, 0.5) is 0 Å². The highest BCUT2D eigenvalue weighted by Gasteiger charge is 2.43. The van der Waals surface area contributed by atoms with Gasteiger partial charge in [-0.1, -0.05) is 13.8 Å². The number of Topliss-reactive ketones (excluding diaryl/α,β-unsaturated/α-hetero) is 1. The van der Waals surface area contributed by atoms with Crippen LogP contribution in [0.5, 0.6) is 0 Å². The highest BCUT2D eigenvalue weighted by molar-refractivity contribution is 8.00. The first kappa shape index (κ1) is 19.2. The molecule has 140 valence electrons. The van der Waals surface area contributed by atoms with Crippen molar-refractivity contribution in [3.63, 3.8) is 0 Å². The van der Waals surface area contributed by atoms with Crippen molar-refractivity contribution < 1.29 is 14.3 Å². The largest absolute Gasteiger partial charge is 0.466 e. The van der Waals surface area contributed by atoms with Crippen molar-refractivity contribution >= 4 is 34.9 Å². The van der Waals surface area contributed by atoms with E-state index in [2.05, 4.69) is 32.2 Å². The van der Waals surface area contributed by atoms with Crippen LogP contribution in [-0.4, -0.2) is 25.1 Å². The van der Waals surface area contributed by atoms with Gasteiger partial charge in [0, 0.05) is 28.3 Å². The summed E-state index contributed by atoms with van der Waals surface area (Å²) in [6.07, 6.45) is 3.33. The average Bonchev–Trinajstić information content (AvgIpc) is 2.92. The second-order valence-corrected chi connectivity index (χ2v) is 10.1. The van der Waals surface area contributed by atoms with E-state index >= 15 is 0 Å². The number of esters is 1. The molecule has 0 aromatic carbocycles. The number of carbonyl (C=O) groups excluding carboxylic acids is 2. The van der Waals surface area contributed by atoms with E-state index in [1.54, 1.807) is 23.1 Å². The molecule has 2 aliphatic rings. The molecule has 1 aliphatic heterocycles. The first-order valence-corrected chi connectivity index (χ1v) is 10.7. The Morgan fingerprint density at radius 3 is 2.65 bits per heavy atom. The third-order valence-electron chi connectivity index (χ3n) is 4.99. The quantitative estimate of drug-likeness (QED) is 0.605. The van der Waals surface area contributed by atoms with Crippen molar-refractivity contribution in [2.45, 2.75) is 50.7 Å². The average molecular weight is 392 g/mol. The van der Waals surface area contributed by atoms with Crippen molar-refractivity contribution in [3.05, 3.63) is 39.0 Å². The van der Waals surface area contributed by atoms with E-state index in [0.717, 1.165) is 33.2 Å². The lowest BCUT2D eigenvalue weighted by Crippen LogP contribution is -2.38. The number of rotatable bonds is 3. The minimum absolute atomic E-state index is 0.0799. The molecule has 26 heavy (non-hydrogen) atoms. The second-order valence-electron chi connectivity index (χ2n) is 7.73. The molecule has 0 saturated carbocycles. The third-order valence-corrected chi connectivity index (χ3v) is 7.21. The number of thioether (sulfide) groups is 1. The van der Waals surface area contributed by atoms with Crippen molar-refractivity contribution in [1.82, 2.24) is 5.32 Å². The van der Waals surface area contributed by atoms with E-state index in [0.29, 0.717) is 12.0 Å². The van der Waals surface area contributed by atoms with Gasteiger partial charge in [-0.05, 0) is 43.6 Å². The number of nitrogens with one attached hydrogen (secondary N) is 1. The molecule has 6 heteroatoms. The Hall–Kier alpha value is -1.53. The van der Waals surface area contributed by atoms with Crippen LogP contribution in [0.1, 0.15) is 50.0 Å². The van der Waals surface area contributed by atoms with Gasteiger partial charge in [0.1, 0.15) is 0 Å².